The average Bonchev–Trinajstić information content (AvgIpc) is 2.69. The summed E-state index contributed by atoms with van der Waals surface area (Å²) in [6, 6.07) is 2.61. The number of hydrogen-bond donors (Lipinski definition) is 2. The number of anilines is 1. The second kappa shape index (κ2) is 8.32. The number of carbonyl (C=O) groups is 1. The van der Waals surface area contributed by atoms with Crippen LogP contribution < -0.4 is 15.8 Å². The quantitative estimate of drug-likeness (QED) is 0.685. The van der Waals surface area contributed by atoms with Crippen LogP contribution in [0.3, 0.4) is 0 Å². The molecule has 1 aromatic carbocycles. The van der Waals surface area contributed by atoms with Crippen molar-refractivity contribution in [2.24, 2.45) is 10.7 Å². The Kier molecular flexibility index (Phi) is 5.95. The van der Waals surface area contributed by atoms with E-state index in [1.165, 1.54) is 13.0 Å². The van der Waals surface area contributed by atoms with E-state index >= 15 is 0 Å². The van der Waals surface area contributed by atoms with Gasteiger partial charge < -0.3 is 20.5 Å². The van der Waals surface area contributed by atoms with Crippen molar-refractivity contribution in [1.82, 2.24) is 9.97 Å². The standard InChI is InChI=1S/C18H16F5N5O3/c1-17(5-13(18(21,22)23)31-16(24)28-17)10-4-9(2-3-11(10)20)27-15(29)12-6-26-14(7-25-12)30-8-19/h2-4,6-7,13H,5,8H2,1H3,(H2,24,28)(H,27,29)/t13-,17+/m0/s1. The summed E-state index contributed by atoms with van der Waals surface area (Å²) in [5, 5.41) is 2.43. The Bertz CT molecular complexity index is 999. The molecular formula is C18H16F5N5O3. The molecule has 2 heterocycles. The largest absolute Gasteiger partial charge is 0.452 e. The number of amidine groups is 1. The van der Waals surface area contributed by atoms with Crippen molar-refractivity contribution in [1.29, 1.82) is 0 Å². The van der Waals surface area contributed by atoms with Crippen molar-refractivity contribution < 1.29 is 36.2 Å². The summed E-state index contributed by atoms with van der Waals surface area (Å²) in [4.78, 5) is 23.7. The number of amides is 1. The first-order valence-electron chi connectivity index (χ1n) is 8.73. The summed E-state index contributed by atoms with van der Waals surface area (Å²) >= 11 is 0. The zero-order valence-electron chi connectivity index (χ0n) is 15.9. The Labute approximate surface area is 172 Å². The molecule has 0 saturated carbocycles. The van der Waals surface area contributed by atoms with Gasteiger partial charge in [0.1, 0.15) is 11.5 Å². The summed E-state index contributed by atoms with van der Waals surface area (Å²) in [5.41, 5.74) is 3.39. The smallest absolute Gasteiger partial charge is 0.425 e. The molecule has 1 amide bonds. The van der Waals surface area contributed by atoms with E-state index in [1.54, 1.807) is 0 Å². The highest BCUT2D eigenvalue weighted by atomic mass is 19.4. The third-order valence-electron chi connectivity index (χ3n) is 4.44. The number of nitrogens with two attached hydrogens (primary N) is 1. The number of nitrogens with zero attached hydrogens (tertiary/aromatic N) is 3. The number of nitrogens with one attached hydrogen (secondary N) is 1. The van der Waals surface area contributed by atoms with E-state index in [-0.39, 0.29) is 22.8 Å². The van der Waals surface area contributed by atoms with Crippen molar-refractivity contribution in [3.8, 4) is 5.88 Å². The molecule has 2 aromatic rings. The van der Waals surface area contributed by atoms with E-state index in [2.05, 4.69) is 29.8 Å². The highest BCUT2D eigenvalue weighted by molar-refractivity contribution is 6.02. The third kappa shape index (κ3) is 4.98. The van der Waals surface area contributed by atoms with Gasteiger partial charge >= 0.3 is 6.18 Å². The monoisotopic (exact) mass is 445 g/mol. The van der Waals surface area contributed by atoms with Crippen molar-refractivity contribution in [3.05, 3.63) is 47.7 Å². The molecule has 0 unspecified atom stereocenters. The fourth-order valence-electron chi connectivity index (χ4n) is 2.99. The van der Waals surface area contributed by atoms with E-state index in [9.17, 15) is 26.7 Å². The van der Waals surface area contributed by atoms with Gasteiger partial charge in [0.15, 0.2) is 6.10 Å². The molecule has 8 nitrogen and oxygen atoms in total. The van der Waals surface area contributed by atoms with E-state index in [0.717, 1.165) is 24.5 Å². The molecule has 166 valence electrons. The molecule has 0 spiro atoms. The summed E-state index contributed by atoms with van der Waals surface area (Å²) in [6.45, 7) is 0.158. The lowest BCUT2D eigenvalue weighted by Crippen LogP contribution is -2.46. The molecule has 3 N–H and O–H groups in total. The van der Waals surface area contributed by atoms with Crippen LogP contribution in [-0.2, 0) is 10.3 Å². The molecule has 1 aliphatic rings. The lowest BCUT2D eigenvalue weighted by atomic mass is 9.85. The molecule has 2 atom stereocenters. The van der Waals surface area contributed by atoms with Crippen molar-refractivity contribution >= 4 is 17.6 Å². The number of rotatable bonds is 5. The number of aliphatic imine (C=N–C) groups is 1. The highest BCUT2D eigenvalue weighted by Gasteiger charge is 2.50. The maximum absolute atomic E-state index is 14.5. The Morgan fingerprint density at radius 1 is 1.35 bits per heavy atom. The summed E-state index contributed by atoms with van der Waals surface area (Å²) in [7, 11) is 0. The predicted molar refractivity (Wildman–Crippen MR) is 97.5 cm³/mol. The topological polar surface area (TPSA) is 112 Å². The van der Waals surface area contributed by atoms with E-state index in [4.69, 9.17) is 5.73 Å². The Hall–Kier alpha value is -3.51. The lowest BCUT2D eigenvalue weighted by molar-refractivity contribution is -0.208. The van der Waals surface area contributed by atoms with Crippen LogP contribution in [0.15, 0.2) is 35.6 Å². The van der Waals surface area contributed by atoms with Gasteiger partial charge in [-0.2, -0.15) is 13.2 Å². The average molecular weight is 445 g/mol. The first-order valence-corrected chi connectivity index (χ1v) is 8.73. The van der Waals surface area contributed by atoms with Gasteiger partial charge in [0, 0.05) is 17.7 Å². The maximum Gasteiger partial charge on any atom is 0.425 e. The minimum Gasteiger partial charge on any atom is -0.452 e. The first kappa shape index (κ1) is 22.2. The van der Waals surface area contributed by atoms with Crippen molar-refractivity contribution in [3.63, 3.8) is 0 Å². The second-order valence-corrected chi connectivity index (χ2v) is 6.72. The van der Waals surface area contributed by atoms with Gasteiger partial charge in [-0.3, -0.25) is 4.79 Å². The molecule has 13 heteroatoms. The second-order valence-electron chi connectivity index (χ2n) is 6.72. The molecule has 0 saturated heterocycles. The van der Waals surface area contributed by atoms with Gasteiger partial charge in [0.2, 0.25) is 12.7 Å². The zero-order valence-corrected chi connectivity index (χ0v) is 15.9. The summed E-state index contributed by atoms with van der Waals surface area (Å²) in [6.07, 6.45) is -5.66. The third-order valence-corrected chi connectivity index (χ3v) is 4.44. The van der Waals surface area contributed by atoms with Crippen LogP contribution in [0.1, 0.15) is 29.4 Å². The fourth-order valence-corrected chi connectivity index (χ4v) is 2.99. The fraction of sp³-hybridized carbons (Fsp3) is 0.333. The van der Waals surface area contributed by atoms with Crippen LogP contribution in [-0.4, -0.2) is 41.0 Å². The van der Waals surface area contributed by atoms with Crippen LogP contribution in [0.25, 0.3) is 0 Å². The number of hydrogen-bond acceptors (Lipinski definition) is 7. The molecule has 0 radical (unpaired) electrons. The zero-order chi connectivity index (χ0) is 22.8. The van der Waals surface area contributed by atoms with Crippen molar-refractivity contribution in [2.45, 2.75) is 31.2 Å². The van der Waals surface area contributed by atoms with Gasteiger partial charge in [-0.25, -0.2) is 23.7 Å². The maximum atomic E-state index is 14.5. The van der Waals surface area contributed by atoms with Crippen LogP contribution in [0, 0.1) is 5.82 Å². The highest BCUT2D eigenvalue weighted by Crippen LogP contribution is 2.41. The molecule has 31 heavy (non-hydrogen) atoms. The number of carbonyl (C=O) groups excluding carboxylic acids is 1. The van der Waals surface area contributed by atoms with Crippen LogP contribution in [0.5, 0.6) is 5.88 Å². The van der Waals surface area contributed by atoms with E-state index < -0.39 is 48.8 Å². The minimum atomic E-state index is -4.74. The van der Waals surface area contributed by atoms with E-state index in [1.807, 2.05) is 0 Å². The van der Waals surface area contributed by atoms with Gasteiger partial charge in [0.05, 0.1) is 17.9 Å². The van der Waals surface area contributed by atoms with Crippen LogP contribution in [0.2, 0.25) is 0 Å². The number of halogens is 5. The number of alkyl halides is 4. The Morgan fingerprint density at radius 2 is 2.10 bits per heavy atom. The molecular weight excluding hydrogens is 429 g/mol. The number of benzene rings is 1. The van der Waals surface area contributed by atoms with Crippen molar-refractivity contribution in [2.75, 3.05) is 12.2 Å². The predicted octanol–water partition coefficient (Wildman–Crippen LogP) is 3.05. The Morgan fingerprint density at radius 3 is 2.71 bits per heavy atom. The van der Waals surface area contributed by atoms with Gasteiger partial charge in [0.25, 0.3) is 11.9 Å². The first-order chi connectivity index (χ1) is 14.5. The number of ether oxygens (including phenoxy) is 2. The summed E-state index contributed by atoms with van der Waals surface area (Å²) in [5.74, 6) is -1.72. The van der Waals surface area contributed by atoms with E-state index in [0.29, 0.717) is 0 Å². The molecule has 0 fully saturated rings. The normalized spacial score (nSPS) is 21.1. The Balaban J connectivity index is 1.86. The van der Waals surface area contributed by atoms with Gasteiger partial charge in [-0.05, 0) is 25.1 Å². The molecule has 0 aliphatic carbocycles. The number of aromatic nitrogens is 2. The molecule has 1 aliphatic heterocycles. The van der Waals surface area contributed by atoms with Crippen LogP contribution in [0.4, 0.5) is 27.6 Å². The lowest BCUT2D eigenvalue weighted by Gasteiger charge is -2.36. The minimum absolute atomic E-state index is 0.0670. The molecule has 3 rings (SSSR count). The molecule has 1 aromatic heterocycles. The van der Waals surface area contributed by atoms with Crippen LogP contribution >= 0.6 is 0 Å². The SMILES string of the molecule is C[C@]1(c2cc(NC(=O)c3cnc(OCF)cn3)ccc2F)C[C@@H](C(F)(F)F)OC(N)=N1. The van der Waals surface area contributed by atoms with Gasteiger partial charge in [-0.1, -0.05) is 0 Å². The molecule has 0 bridgehead atoms. The summed E-state index contributed by atoms with van der Waals surface area (Å²) < 4.78 is 75.1. The van der Waals surface area contributed by atoms with Gasteiger partial charge in [-0.15, -0.1) is 0 Å².